The maximum atomic E-state index is 12.9. The van der Waals surface area contributed by atoms with Crippen molar-refractivity contribution >= 4 is 12.1 Å². The van der Waals surface area contributed by atoms with Gasteiger partial charge in [-0.15, -0.1) is 0 Å². The van der Waals surface area contributed by atoms with Crippen molar-refractivity contribution in [2.75, 3.05) is 0 Å². The number of ketones is 1. The Balaban J connectivity index is 1.99. The van der Waals surface area contributed by atoms with Crippen LogP contribution in [0.5, 0.6) is 0 Å². The fourth-order valence-corrected chi connectivity index (χ4v) is 2.62. The quantitative estimate of drug-likeness (QED) is 0.509. The number of H-pyrrole nitrogens is 1. The van der Waals surface area contributed by atoms with Crippen molar-refractivity contribution in [1.29, 1.82) is 0 Å². The summed E-state index contributed by atoms with van der Waals surface area (Å²) in [5.41, 5.74) is -1.31. The zero-order chi connectivity index (χ0) is 19.2. The summed E-state index contributed by atoms with van der Waals surface area (Å²) in [6.07, 6.45) is 0.266. The van der Waals surface area contributed by atoms with E-state index >= 15 is 0 Å². The molecule has 0 bridgehead atoms. The van der Waals surface area contributed by atoms with E-state index in [-0.39, 0.29) is 30.9 Å². The first-order valence-electron chi connectivity index (χ1n) is 8.15. The number of carbonyl (C=O) groups is 2. The fraction of sp³-hybridized carbons (Fsp3) is 0.100. The molecule has 7 heteroatoms. The molecule has 0 aliphatic carbocycles. The van der Waals surface area contributed by atoms with Gasteiger partial charge in [0.15, 0.2) is 6.29 Å². The van der Waals surface area contributed by atoms with Crippen molar-refractivity contribution in [3.05, 3.63) is 104 Å². The highest BCUT2D eigenvalue weighted by molar-refractivity contribution is 6.11. The lowest BCUT2D eigenvalue weighted by Crippen LogP contribution is -2.38. The Morgan fingerprint density at radius 1 is 1.00 bits per heavy atom. The fourth-order valence-electron chi connectivity index (χ4n) is 2.62. The van der Waals surface area contributed by atoms with Crippen LogP contribution in [-0.4, -0.2) is 21.6 Å². The molecule has 136 valence electrons. The Morgan fingerprint density at radius 3 is 2.26 bits per heavy atom. The van der Waals surface area contributed by atoms with Crippen molar-refractivity contribution in [1.82, 2.24) is 9.55 Å². The second kappa shape index (κ2) is 8.20. The van der Waals surface area contributed by atoms with Crippen molar-refractivity contribution in [3.8, 4) is 0 Å². The van der Waals surface area contributed by atoms with Crippen molar-refractivity contribution in [2.45, 2.75) is 13.3 Å². The maximum absolute atomic E-state index is 12.9. The highest BCUT2D eigenvalue weighted by atomic mass is 16.5. The summed E-state index contributed by atoms with van der Waals surface area (Å²) in [5.74, 6) is -0.607. The van der Waals surface area contributed by atoms with E-state index in [0.29, 0.717) is 0 Å². The molecule has 0 aliphatic rings. The summed E-state index contributed by atoms with van der Waals surface area (Å²) >= 11 is 0. The number of aromatic amines is 1. The van der Waals surface area contributed by atoms with Crippen molar-refractivity contribution in [2.24, 2.45) is 0 Å². The predicted octanol–water partition coefficient (Wildman–Crippen LogP) is 1.75. The van der Waals surface area contributed by atoms with Gasteiger partial charge in [-0.25, -0.2) is 4.79 Å². The van der Waals surface area contributed by atoms with E-state index in [9.17, 15) is 19.2 Å². The Kier molecular flexibility index (Phi) is 5.53. The number of aromatic nitrogens is 2. The van der Waals surface area contributed by atoms with Crippen molar-refractivity contribution in [3.63, 3.8) is 0 Å². The smallest absolute Gasteiger partial charge is 0.330 e. The molecule has 1 heterocycles. The molecule has 0 aliphatic heterocycles. The van der Waals surface area contributed by atoms with Gasteiger partial charge < -0.3 is 4.74 Å². The van der Waals surface area contributed by atoms with Gasteiger partial charge in [-0.2, -0.15) is 0 Å². The monoisotopic (exact) mass is 364 g/mol. The normalized spacial score (nSPS) is 10.5. The van der Waals surface area contributed by atoms with E-state index in [1.807, 2.05) is 35.3 Å². The highest BCUT2D eigenvalue weighted by Crippen LogP contribution is 2.11. The molecule has 0 unspecified atom stereocenters. The van der Waals surface area contributed by atoms with Crippen LogP contribution in [0.2, 0.25) is 0 Å². The average molecular weight is 364 g/mol. The Bertz CT molecular complexity index is 1070. The highest BCUT2D eigenvalue weighted by Gasteiger charge is 2.22. The van der Waals surface area contributed by atoms with E-state index < -0.39 is 22.6 Å². The van der Waals surface area contributed by atoms with Gasteiger partial charge in [-0.1, -0.05) is 60.7 Å². The number of rotatable bonds is 7. The summed E-state index contributed by atoms with van der Waals surface area (Å²) < 4.78 is 6.49. The van der Waals surface area contributed by atoms with Crippen LogP contribution in [0.25, 0.3) is 0 Å². The molecule has 0 saturated carbocycles. The molecule has 0 amide bonds. The number of hydrogen-bond acceptors (Lipinski definition) is 5. The number of nitrogens with zero attached hydrogens (tertiary/aromatic N) is 1. The van der Waals surface area contributed by atoms with Gasteiger partial charge in [-0.05, 0) is 5.56 Å². The zero-order valence-corrected chi connectivity index (χ0v) is 14.3. The molecule has 3 aromatic rings. The largest absolute Gasteiger partial charge is 0.356 e. The average Bonchev–Trinajstić information content (AvgIpc) is 2.70. The first kappa shape index (κ1) is 18.2. The zero-order valence-electron chi connectivity index (χ0n) is 14.3. The van der Waals surface area contributed by atoms with E-state index in [1.54, 1.807) is 18.2 Å². The lowest BCUT2D eigenvalue weighted by molar-refractivity contribution is 0.0577. The van der Waals surface area contributed by atoms with Crippen LogP contribution >= 0.6 is 0 Å². The molecule has 0 radical (unpaired) electrons. The van der Waals surface area contributed by atoms with Crippen LogP contribution in [0.4, 0.5) is 0 Å². The minimum atomic E-state index is -0.909. The number of benzene rings is 2. The third-order valence-electron chi connectivity index (χ3n) is 3.94. The molecular weight excluding hydrogens is 348 g/mol. The summed E-state index contributed by atoms with van der Waals surface area (Å²) in [6, 6.07) is 17.4. The Hall–Kier alpha value is -3.58. The number of nitrogens with one attached hydrogen (secondary N) is 1. The van der Waals surface area contributed by atoms with E-state index in [0.717, 1.165) is 10.1 Å². The van der Waals surface area contributed by atoms with Crippen molar-refractivity contribution < 1.29 is 14.3 Å². The van der Waals surface area contributed by atoms with Gasteiger partial charge >= 0.3 is 5.69 Å². The molecule has 0 fully saturated rings. The lowest BCUT2D eigenvalue weighted by atomic mass is 10.0. The lowest BCUT2D eigenvalue weighted by Gasteiger charge is -2.13. The summed E-state index contributed by atoms with van der Waals surface area (Å²) in [7, 11) is 0. The third-order valence-corrected chi connectivity index (χ3v) is 3.94. The topological polar surface area (TPSA) is 98.2 Å². The van der Waals surface area contributed by atoms with Crippen LogP contribution in [0, 0.1) is 0 Å². The van der Waals surface area contributed by atoms with Crippen LogP contribution in [0.1, 0.15) is 32.0 Å². The number of aldehydes is 1. The SMILES string of the molecule is O=Cc1c(C(=O)c2ccccc2)n(COCc2ccccc2)c(=O)[nH]c1=O. The standard InChI is InChI=1S/C20H16N2O5/c23-11-16-17(18(24)15-9-5-2-6-10-15)22(20(26)21-19(16)25)13-27-12-14-7-3-1-4-8-14/h1-11H,12-13H2,(H,21,25,26). The molecule has 3 rings (SSSR count). The summed E-state index contributed by atoms with van der Waals surface area (Å²) in [6.45, 7) is -0.0962. The number of ether oxygens (including phenoxy) is 1. The third kappa shape index (κ3) is 3.99. The maximum Gasteiger partial charge on any atom is 0.330 e. The predicted molar refractivity (Wildman–Crippen MR) is 97.8 cm³/mol. The van der Waals surface area contributed by atoms with Gasteiger partial charge in [-0.3, -0.25) is 23.9 Å². The molecule has 27 heavy (non-hydrogen) atoms. The van der Waals surface area contributed by atoms with Crippen LogP contribution < -0.4 is 11.2 Å². The Morgan fingerprint density at radius 2 is 1.63 bits per heavy atom. The van der Waals surface area contributed by atoms with Crippen LogP contribution in [0.3, 0.4) is 0 Å². The molecular formula is C20H16N2O5. The molecule has 0 spiro atoms. The van der Waals surface area contributed by atoms with Gasteiger partial charge in [0, 0.05) is 5.56 Å². The minimum absolute atomic E-state index is 0.196. The van der Waals surface area contributed by atoms with Gasteiger partial charge in [0.2, 0.25) is 5.78 Å². The van der Waals surface area contributed by atoms with Gasteiger partial charge in [0.1, 0.15) is 18.0 Å². The van der Waals surface area contributed by atoms with Gasteiger partial charge in [0.05, 0.1) is 6.61 Å². The van der Waals surface area contributed by atoms with Crippen LogP contribution in [-0.2, 0) is 18.1 Å². The number of carbonyl (C=O) groups excluding carboxylic acids is 2. The Labute approximate surface area is 153 Å². The van der Waals surface area contributed by atoms with E-state index in [2.05, 4.69) is 0 Å². The second-order valence-electron chi connectivity index (χ2n) is 5.73. The van der Waals surface area contributed by atoms with Gasteiger partial charge in [0.25, 0.3) is 5.56 Å². The minimum Gasteiger partial charge on any atom is -0.356 e. The first-order chi connectivity index (χ1) is 13.1. The summed E-state index contributed by atoms with van der Waals surface area (Å²) in [5, 5.41) is 0. The van der Waals surface area contributed by atoms with Crippen LogP contribution in [0.15, 0.2) is 70.3 Å². The molecule has 1 N–H and O–H groups in total. The molecule has 7 nitrogen and oxygen atoms in total. The van der Waals surface area contributed by atoms with E-state index in [4.69, 9.17) is 4.74 Å². The number of hydrogen-bond donors (Lipinski definition) is 1. The summed E-state index contributed by atoms with van der Waals surface area (Å²) in [4.78, 5) is 50.6. The molecule has 1 aromatic heterocycles. The molecule has 0 saturated heterocycles. The second-order valence-corrected chi connectivity index (χ2v) is 5.73. The molecule has 2 aromatic carbocycles. The van der Waals surface area contributed by atoms with E-state index in [1.165, 1.54) is 12.1 Å². The first-order valence-corrected chi connectivity index (χ1v) is 8.15. The molecule has 0 atom stereocenters.